The molecule has 1 heterocycles. The van der Waals surface area contributed by atoms with E-state index in [1.54, 1.807) is 0 Å². The third kappa shape index (κ3) is 6.25. The molecule has 7 aromatic carbocycles. The van der Waals surface area contributed by atoms with Crippen LogP contribution in [0, 0.1) is 0 Å². The number of allylic oxidation sites excluding steroid dienone is 3. The number of para-hydroxylation sites is 3. The molecule has 0 saturated carbocycles. The summed E-state index contributed by atoms with van der Waals surface area (Å²) in [6.07, 6.45) is 11.6. The van der Waals surface area contributed by atoms with Gasteiger partial charge >= 0.3 is 0 Å². The summed E-state index contributed by atoms with van der Waals surface area (Å²) in [6.45, 7) is 0.460. The molecule has 0 bridgehead atoms. The minimum absolute atomic E-state index is 0.460. The topological polar surface area (TPSA) is 41.6 Å². The number of fused-ring (bicyclic) bond motifs is 6. The maximum atomic E-state index is 6.14. The number of hydrogen-bond acceptors (Lipinski definition) is 3. The maximum Gasteiger partial charge on any atom is 0.0748 e. The number of nitrogens with zero attached hydrogens (tertiary/aromatic N) is 2. The van der Waals surface area contributed by atoms with Gasteiger partial charge in [-0.25, -0.2) is 0 Å². The summed E-state index contributed by atoms with van der Waals surface area (Å²) < 4.78 is 0. The molecule has 0 radical (unpaired) electrons. The summed E-state index contributed by atoms with van der Waals surface area (Å²) in [5.41, 5.74) is 21.9. The molecule has 3 nitrogen and oxygen atoms in total. The zero-order valence-electron chi connectivity index (χ0n) is 30.6. The number of hydrogen-bond donors (Lipinski definition) is 1. The van der Waals surface area contributed by atoms with Gasteiger partial charge in [0.05, 0.1) is 22.5 Å². The Labute approximate surface area is 323 Å². The lowest BCUT2D eigenvalue weighted by Crippen LogP contribution is -2.36. The van der Waals surface area contributed by atoms with Crippen LogP contribution in [0.1, 0.15) is 38.9 Å². The first-order chi connectivity index (χ1) is 27.2. The van der Waals surface area contributed by atoms with Crippen molar-refractivity contribution in [2.24, 2.45) is 10.7 Å². The Kier molecular flexibility index (Phi) is 9.21. The second-order valence-corrected chi connectivity index (χ2v) is 14.0. The highest BCUT2D eigenvalue weighted by molar-refractivity contribution is 5.94. The molecule has 0 fully saturated rings. The van der Waals surface area contributed by atoms with Gasteiger partial charge in [-0.1, -0.05) is 170 Å². The van der Waals surface area contributed by atoms with Crippen molar-refractivity contribution in [1.29, 1.82) is 0 Å². The fourth-order valence-corrected chi connectivity index (χ4v) is 8.28. The normalized spacial score (nSPS) is 14.2. The van der Waals surface area contributed by atoms with Gasteiger partial charge in [0.1, 0.15) is 0 Å². The zero-order chi connectivity index (χ0) is 37.0. The van der Waals surface area contributed by atoms with Crippen molar-refractivity contribution in [3.63, 3.8) is 0 Å². The average molecular weight is 708 g/mol. The summed E-state index contributed by atoms with van der Waals surface area (Å²) in [7, 11) is 0. The van der Waals surface area contributed by atoms with E-state index in [-0.39, 0.29) is 0 Å². The van der Waals surface area contributed by atoms with Gasteiger partial charge in [-0.3, -0.25) is 4.99 Å². The Morgan fingerprint density at radius 2 is 1.20 bits per heavy atom. The molecule has 1 spiro atoms. The maximum absolute atomic E-state index is 6.14. The molecular weight excluding hydrogens is 667 g/mol. The van der Waals surface area contributed by atoms with Crippen molar-refractivity contribution in [3.05, 3.63) is 245 Å². The smallest absolute Gasteiger partial charge is 0.0748 e. The van der Waals surface area contributed by atoms with Gasteiger partial charge in [0.25, 0.3) is 0 Å². The third-order valence-electron chi connectivity index (χ3n) is 10.8. The van der Waals surface area contributed by atoms with E-state index >= 15 is 0 Å². The predicted molar refractivity (Wildman–Crippen MR) is 231 cm³/mol. The first kappa shape index (κ1) is 34.0. The van der Waals surface area contributed by atoms with Crippen LogP contribution in [0.4, 0.5) is 17.1 Å². The molecule has 264 valence electrons. The van der Waals surface area contributed by atoms with E-state index in [1.165, 1.54) is 44.5 Å². The van der Waals surface area contributed by atoms with Crippen LogP contribution < -0.4 is 10.6 Å². The molecule has 0 amide bonds. The zero-order valence-corrected chi connectivity index (χ0v) is 30.6. The Bertz CT molecular complexity index is 2530. The molecule has 0 unspecified atom stereocenters. The van der Waals surface area contributed by atoms with Crippen molar-refractivity contribution >= 4 is 35.0 Å². The van der Waals surface area contributed by atoms with E-state index in [2.05, 4.69) is 205 Å². The van der Waals surface area contributed by atoms with Gasteiger partial charge in [0, 0.05) is 24.0 Å². The lowest BCUT2D eigenvalue weighted by atomic mass is 9.63. The molecule has 0 aromatic heterocycles. The number of anilines is 3. The molecule has 7 aromatic rings. The average Bonchev–Trinajstić information content (AvgIpc) is 3.57. The van der Waals surface area contributed by atoms with Crippen LogP contribution in [0.3, 0.4) is 0 Å². The SMILES string of the molecule is NC/C=C\C1=Cc2ccc(/C(=C/Cc3ccc(-c4ccccc4)cc3)N=Cc3ccccc3)cc2C12c1ccccc1N(c1ccccc1)c1ccccc12. The fraction of sp³-hybridized carbons (Fsp3) is 0.0577. The number of benzene rings is 7. The van der Waals surface area contributed by atoms with Crippen LogP contribution in [0.25, 0.3) is 22.9 Å². The molecule has 0 saturated heterocycles. The Balaban J connectivity index is 1.20. The molecule has 0 atom stereocenters. The van der Waals surface area contributed by atoms with Crippen LogP contribution >= 0.6 is 0 Å². The quantitative estimate of drug-likeness (QED) is 0.152. The molecule has 2 aliphatic rings. The van der Waals surface area contributed by atoms with E-state index in [0.717, 1.165) is 40.3 Å². The predicted octanol–water partition coefficient (Wildman–Crippen LogP) is 12.1. The minimum atomic E-state index is -0.572. The summed E-state index contributed by atoms with van der Waals surface area (Å²) >= 11 is 0. The van der Waals surface area contributed by atoms with Gasteiger partial charge in [0.15, 0.2) is 0 Å². The number of nitrogens with two attached hydrogens (primary N) is 1. The molecular formula is C52H41N3. The number of aliphatic imine (C=N–C) groups is 1. The highest BCUT2D eigenvalue weighted by atomic mass is 15.2. The summed E-state index contributed by atoms with van der Waals surface area (Å²) in [4.78, 5) is 7.60. The summed E-state index contributed by atoms with van der Waals surface area (Å²) in [6, 6.07) is 65.0. The van der Waals surface area contributed by atoms with Crippen molar-refractivity contribution in [1.82, 2.24) is 0 Å². The van der Waals surface area contributed by atoms with Crippen molar-refractivity contribution in [2.75, 3.05) is 11.4 Å². The first-order valence-corrected chi connectivity index (χ1v) is 19.0. The molecule has 1 aliphatic heterocycles. The van der Waals surface area contributed by atoms with Crippen LogP contribution in [0.5, 0.6) is 0 Å². The Morgan fingerprint density at radius 3 is 1.87 bits per heavy atom. The van der Waals surface area contributed by atoms with Crippen LogP contribution in [-0.2, 0) is 11.8 Å². The van der Waals surface area contributed by atoms with E-state index in [4.69, 9.17) is 10.7 Å². The third-order valence-corrected chi connectivity index (χ3v) is 10.8. The minimum Gasteiger partial charge on any atom is -0.327 e. The van der Waals surface area contributed by atoms with E-state index in [9.17, 15) is 0 Å². The van der Waals surface area contributed by atoms with E-state index < -0.39 is 5.41 Å². The van der Waals surface area contributed by atoms with Crippen LogP contribution in [0.2, 0.25) is 0 Å². The summed E-state index contributed by atoms with van der Waals surface area (Å²) in [5, 5.41) is 0. The van der Waals surface area contributed by atoms with Gasteiger partial charge in [-0.05, 0) is 92.9 Å². The second-order valence-electron chi connectivity index (χ2n) is 14.0. The van der Waals surface area contributed by atoms with E-state index in [1.807, 2.05) is 12.3 Å². The second kappa shape index (κ2) is 14.9. The van der Waals surface area contributed by atoms with Gasteiger partial charge in [-0.2, -0.15) is 0 Å². The molecule has 1 aliphatic carbocycles. The highest BCUT2D eigenvalue weighted by Gasteiger charge is 2.50. The van der Waals surface area contributed by atoms with Crippen molar-refractivity contribution in [3.8, 4) is 11.1 Å². The Morgan fingerprint density at radius 1 is 0.600 bits per heavy atom. The number of rotatable bonds is 9. The summed E-state index contributed by atoms with van der Waals surface area (Å²) in [5.74, 6) is 0. The van der Waals surface area contributed by atoms with Crippen LogP contribution in [-0.4, -0.2) is 12.8 Å². The molecule has 55 heavy (non-hydrogen) atoms. The molecule has 2 N–H and O–H groups in total. The molecule has 9 rings (SSSR count). The van der Waals surface area contributed by atoms with Gasteiger partial charge in [0.2, 0.25) is 0 Å². The monoisotopic (exact) mass is 707 g/mol. The van der Waals surface area contributed by atoms with Crippen molar-refractivity contribution < 1.29 is 0 Å². The Hall–Kier alpha value is -6.81. The lowest BCUT2D eigenvalue weighted by Gasteiger charge is -2.45. The van der Waals surface area contributed by atoms with Crippen molar-refractivity contribution in [2.45, 2.75) is 11.8 Å². The first-order valence-electron chi connectivity index (χ1n) is 19.0. The standard InChI is InChI=1S/C52H41N3/c53-34-14-19-44-35-42-31-32-43(49(54-37-39-15-4-1-5-16-39)33-28-38-26-29-41(30-27-38)40-17-6-2-7-18-40)36-48(42)52(44)46-22-10-12-24-50(46)55(45-20-8-3-9-21-45)51-25-13-11-23-47(51)52/h1-27,29-33,35-37H,28,34,53H2/b19-14-,49-33-,54-37?. The molecule has 3 heteroatoms. The van der Waals surface area contributed by atoms with E-state index in [0.29, 0.717) is 6.54 Å². The van der Waals surface area contributed by atoms with Gasteiger partial charge in [-0.15, -0.1) is 0 Å². The van der Waals surface area contributed by atoms with Gasteiger partial charge < -0.3 is 10.6 Å². The highest BCUT2D eigenvalue weighted by Crippen LogP contribution is 2.61. The van der Waals surface area contributed by atoms with Crippen LogP contribution in [0.15, 0.2) is 211 Å². The largest absolute Gasteiger partial charge is 0.327 e. The fourth-order valence-electron chi connectivity index (χ4n) is 8.28. The lowest BCUT2D eigenvalue weighted by molar-refractivity contribution is 0.746.